The Balaban J connectivity index is 1.41. The number of nitrogens with zero attached hydrogens (tertiary/aromatic N) is 1. The summed E-state index contributed by atoms with van der Waals surface area (Å²) in [5.41, 5.74) is 4.07. The van der Waals surface area contributed by atoms with Crippen molar-refractivity contribution in [1.29, 1.82) is 0 Å². The number of ether oxygens (including phenoxy) is 2. The number of benzene rings is 2. The molecule has 2 N–H and O–H groups in total. The van der Waals surface area contributed by atoms with Crippen LogP contribution in [0.4, 0.5) is 0 Å². The topological polar surface area (TPSA) is 83.7 Å². The van der Waals surface area contributed by atoms with E-state index in [-0.39, 0.29) is 11.8 Å². The van der Waals surface area contributed by atoms with Crippen molar-refractivity contribution in [3.8, 4) is 11.5 Å². The molecule has 1 aliphatic heterocycles. The summed E-state index contributed by atoms with van der Waals surface area (Å²) in [6, 6.07) is 11.0. The number of amides is 2. The minimum atomic E-state index is -0.473. The number of aromatic nitrogens is 1. The molecule has 174 valence electrons. The van der Waals surface area contributed by atoms with Crippen LogP contribution >= 0.6 is 0 Å². The van der Waals surface area contributed by atoms with Gasteiger partial charge >= 0.3 is 0 Å². The lowest BCUT2D eigenvalue weighted by Crippen LogP contribution is -2.46. The van der Waals surface area contributed by atoms with E-state index in [0.717, 1.165) is 19.3 Å². The first-order valence-electron chi connectivity index (χ1n) is 11.5. The lowest BCUT2D eigenvalue weighted by Gasteiger charge is -2.25. The number of hydrogen-bond donors (Lipinski definition) is 2. The molecule has 1 atom stereocenters. The number of H-pyrrole nitrogens is 1. The zero-order chi connectivity index (χ0) is 23.4. The zero-order valence-corrected chi connectivity index (χ0v) is 19.4. The highest BCUT2D eigenvalue weighted by Gasteiger charge is 2.35. The maximum absolute atomic E-state index is 13.2. The van der Waals surface area contributed by atoms with Crippen molar-refractivity contribution in [2.45, 2.75) is 38.6 Å². The molecule has 3 aromatic rings. The first kappa shape index (κ1) is 22.7. The van der Waals surface area contributed by atoms with Crippen LogP contribution in [0, 0.1) is 0 Å². The smallest absolute Gasteiger partial charge is 0.258 e. The highest BCUT2D eigenvalue weighted by atomic mass is 16.5. The van der Waals surface area contributed by atoms with E-state index in [0.29, 0.717) is 36.6 Å². The van der Waals surface area contributed by atoms with Crippen molar-refractivity contribution >= 4 is 22.7 Å². The summed E-state index contributed by atoms with van der Waals surface area (Å²) in [5, 5.41) is 4.24. The van der Waals surface area contributed by atoms with Crippen molar-refractivity contribution in [1.82, 2.24) is 15.2 Å². The van der Waals surface area contributed by atoms with E-state index in [1.54, 1.807) is 30.2 Å². The van der Waals surface area contributed by atoms with E-state index in [4.69, 9.17) is 9.47 Å². The van der Waals surface area contributed by atoms with Gasteiger partial charge in [0.05, 0.1) is 19.8 Å². The van der Waals surface area contributed by atoms with E-state index in [2.05, 4.69) is 35.4 Å². The number of fused-ring (bicyclic) bond motifs is 1. The molecule has 2 heterocycles. The number of aromatic amines is 1. The summed E-state index contributed by atoms with van der Waals surface area (Å²) < 4.78 is 10.6. The molecule has 0 bridgehead atoms. The molecule has 0 aliphatic carbocycles. The van der Waals surface area contributed by atoms with Gasteiger partial charge < -0.3 is 24.7 Å². The van der Waals surface area contributed by atoms with Gasteiger partial charge in [-0.05, 0) is 48.9 Å². The summed E-state index contributed by atoms with van der Waals surface area (Å²) in [6.07, 6.45) is 5.18. The second-order valence-corrected chi connectivity index (χ2v) is 8.27. The van der Waals surface area contributed by atoms with E-state index in [1.165, 1.54) is 29.1 Å². The van der Waals surface area contributed by atoms with Gasteiger partial charge in [0, 0.05) is 36.3 Å². The van der Waals surface area contributed by atoms with Gasteiger partial charge in [0.15, 0.2) is 0 Å². The second-order valence-electron chi connectivity index (χ2n) is 8.27. The predicted octanol–water partition coefficient (Wildman–Crippen LogP) is 3.71. The van der Waals surface area contributed by atoms with E-state index < -0.39 is 6.04 Å². The average Bonchev–Trinajstić information content (AvgIpc) is 3.50. The maximum atomic E-state index is 13.2. The van der Waals surface area contributed by atoms with Crippen molar-refractivity contribution in [3.63, 3.8) is 0 Å². The van der Waals surface area contributed by atoms with Crippen LogP contribution < -0.4 is 14.8 Å². The van der Waals surface area contributed by atoms with Crippen LogP contribution in [0.3, 0.4) is 0 Å². The molecule has 0 radical (unpaired) electrons. The molecule has 1 unspecified atom stereocenters. The largest absolute Gasteiger partial charge is 0.497 e. The number of nitrogens with one attached hydrogen (secondary N) is 2. The number of rotatable bonds is 8. The Hall–Kier alpha value is -3.48. The van der Waals surface area contributed by atoms with Crippen molar-refractivity contribution in [3.05, 3.63) is 59.3 Å². The van der Waals surface area contributed by atoms with Crippen LogP contribution in [0.2, 0.25) is 0 Å². The van der Waals surface area contributed by atoms with Crippen LogP contribution in [-0.2, 0) is 17.6 Å². The summed E-state index contributed by atoms with van der Waals surface area (Å²) in [4.78, 5) is 31.2. The number of hydrogen-bond acceptors (Lipinski definition) is 4. The molecule has 1 saturated heterocycles. The van der Waals surface area contributed by atoms with Gasteiger partial charge in [0.2, 0.25) is 5.91 Å². The summed E-state index contributed by atoms with van der Waals surface area (Å²) >= 11 is 0. The third-order valence-corrected chi connectivity index (χ3v) is 6.42. The number of likely N-dealkylation sites (tertiary alicyclic amines) is 1. The molecular formula is C26H31N3O4. The fourth-order valence-corrected chi connectivity index (χ4v) is 4.63. The molecule has 7 nitrogen and oxygen atoms in total. The number of aryl methyl sites for hydroxylation is 1. The van der Waals surface area contributed by atoms with Gasteiger partial charge in [-0.1, -0.05) is 25.1 Å². The van der Waals surface area contributed by atoms with Crippen molar-refractivity contribution in [2.75, 3.05) is 27.3 Å². The Morgan fingerprint density at radius 2 is 2.00 bits per heavy atom. The zero-order valence-electron chi connectivity index (χ0n) is 19.4. The van der Waals surface area contributed by atoms with Crippen LogP contribution in [0.5, 0.6) is 11.5 Å². The third kappa shape index (κ3) is 4.53. The number of carbonyl (C=O) groups is 2. The monoisotopic (exact) mass is 449 g/mol. The molecule has 1 aliphatic rings. The van der Waals surface area contributed by atoms with Crippen molar-refractivity contribution < 1.29 is 19.1 Å². The molecule has 1 aromatic heterocycles. The number of para-hydroxylation sites is 1. The summed E-state index contributed by atoms with van der Waals surface area (Å²) in [7, 11) is 3.09. The molecule has 0 saturated carbocycles. The number of methoxy groups -OCH3 is 2. The lowest BCUT2D eigenvalue weighted by atomic mass is 10.1. The molecule has 0 spiro atoms. The second kappa shape index (κ2) is 9.98. The van der Waals surface area contributed by atoms with Crippen LogP contribution in [-0.4, -0.2) is 55.0 Å². The fraction of sp³-hybridized carbons (Fsp3) is 0.385. The van der Waals surface area contributed by atoms with E-state index in [1.807, 2.05) is 6.20 Å². The Bertz CT molecular complexity index is 1150. The van der Waals surface area contributed by atoms with Gasteiger partial charge in [0.1, 0.15) is 17.5 Å². The van der Waals surface area contributed by atoms with Gasteiger partial charge in [0.25, 0.3) is 5.91 Å². The Morgan fingerprint density at radius 1 is 1.15 bits per heavy atom. The Kier molecular flexibility index (Phi) is 6.87. The molecule has 4 rings (SSSR count). The summed E-state index contributed by atoms with van der Waals surface area (Å²) in [6.45, 7) is 3.21. The Labute approximate surface area is 194 Å². The minimum Gasteiger partial charge on any atom is -0.497 e. The first-order valence-corrected chi connectivity index (χ1v) is 11.5. The molecule has 33 heavy (non-hydrogen) atoms. The normalized spacial score (nSPS) is 15.6. The lowest BCUT2D eigenvalue weighted by molar-refractivity contribution is -0.124. The highest BCUT2D eigenvalue weighted by molar-refractivity contribution is 6.00. The molecule has 7 heteroatoms. The van der Waals surface area contributed by atoms with Gasteiger partial charge in [-0.25, -0.2) is 0 Å². The van der Waals surface area contributed by atoms with E-state index in [9.17, 15) is 9.59 Å². The maximum Gasteiger partial charge on any atom is 0.258 e. The molecule has 2 amide bonds. The Morgan fingerprint density at radius 3 is 2.76 bits per heavy atom. The van der Waals surface area contributed by atoms with Gasteiger partial charge in [-0.15, -0.1) is 0 Å². The molecular weight excluding hydrogens is 418 g/mol. The van der Waals surface area contributed by atoms with Crippen LogP contribution in [0.25, 0.3) is 10.9 Å². The average molecular weight is 450 g/mol. The van der Waals surface area contributed by atoms with Gasteiger partial charge in [-0.3, -0.25) is 9.59 Å². The fourth-order valence-electron chi connectivity index (χ4n) is 4.63. The summed E-state index contributed by atoms with van der Waals surface area (Å²) in [5.74, 6) is 0.747. The van der Waals surface area contributed by atoms with Crippen LogP contribution in [0.15, 0.2) is 42.6 Å². The minimum absolute atomic E-state index is 0.109. The van der Waals surface area contributed by atoms with E-state index >= 15 is 0 Å². The molecule has 2 aromatic carbocycles. The standard InChI is InChI=1S/C26H31N3O4/c1-4-17-7-5-8-20-18(16-28-24(17)20)12-13-27-25(30)22-9-6-14-29(22)26(31)21-11-10-19(32-2)15-23(21)33-3/h5,7-8,10-11,15-16,22,28H,4,6,9,12-14H2,1-3H3,(H,27,30). The molecule has 1 fully saturated rings. The number of carbonyl (C=O) groups excluding carboxylic acids is 2. The predicted molar refractivity (Wildman–Crippen MR) is 128 cm³/mol. The quantitative estimate of drug-likeness (QED) is 0.549. The van der Waals surface area contributed by atoms with Crippen molar-refractivity contribution in [2.24, 2.45) is 0 Å². The third-order valence-electron chi connectivity index (χ3n) is 6.42. The SMILES string of the molecule is CCc1cccc2c(CCNC(=O)C3CCCN3C(=O)c3ccc(OC)cc3OC)c[nH]c12. The van der Waals surface area contributed by atoms with Crippen LogP contribution in [0.1, 0.15) is 41.3 Å². The van der Waals surface area contributed by atoms with Gasteiger partial charge in [-0.2, -0.15) is 0 Å². The highest BCUT2D eigenvalue weighted by Crippen LogP contribution is 2.29. The first-order chi connectivity index (χ1) is 16.1.